The minimum Gasteiger partial charge on any atom is -0.478 e. The molecule has 8 heteroatoms. The zero-order chi connectivity index (χ0) is 19.6. The molecule has 0 spiro atoms. The number of benzene rings is 1. The lowest BCUT2D eigenvalue weighted by Gasteiger charge is -2.37. The molecule has 0 unspecified atom stereocenters. The van der Waals surface area contributed by atoms with E-state index in [-0.39, 0.29) is 35.9 Å². The van der Waals surface area contributed by atoms with Crippen LogP contribution in [0.5, 0.6) is 0 Å². The molecule has 27 heavy (non-hydrogen) atoms. The highest BCUT2D eigenvalue weighted by molar-refractivity contribution is 5.88. The third-order valence-electron chi connectivity index (χ3n) is 4.90. The van der Waals surface area contributed by atoms with Crippen LogP contribution in [0.3, 0.4) is 0 Å². The second-order valence-corrected chi connectivity index (χ2v) is 6.77. The van der Waals surface area contributed by atoms with E-state index in [2.05, 4.69) is 10.4 Å². The number of carboxylic acids is 1. The van der Waals surface area contributed by atoms with Crippen molar-refractivity contribution in [3.8, 4) is 0 Å². The number of aromatic carboxylic acids is 1. The molecule has 1 aliphatic heterocycles. The monoisotopic (exact) mass is 370 g/mol. The number of hydrogen-bond donors (Lipinski definition) is 2. The minimum atomic E-state index is -1.01. The topological polar surface area (TPSA) is 105 Å². The number of rotatable bonds is 5. The van der Waals surface area contributed by atoms with Gasteiger partial charge < -0.3 is 15.3 Å². The summed E-state index contributed by atoms with van der Waals surface area (Å²) >= 11 is 0. The van der Waals surface area contributed by atoms with Gasteiger partial charge in [0.25, 0.3) is 0 Å². The number of nitrogens with one attached hydrogen (secondary N) is 1. The number of aryl methyl sites for hydroxylation is 1. The van der Waals surface area contributed by atoms with Crippen LogP contribution < -0.4 is 5.32 Å². The molecule has 1 fully saturated rings. The Bertz CT molecular complexity index is 876. The van der Waals surface area contributed by atoms with Crippen molar-refractivity contribution in [3.63, 3.8) is 0 Å². The third-order valence-corrected chi connectivity index (χ3v) is 4.90. The van der Waals surface area contributed by atoms with Gasteiger partial charge in [-0.15, -0.1) is 0 Å². The van der Waals surface area contributed by atoms with Gasteiger partial charge in [0, 0.05) is 38.8 Å². The first-order valence-corrected chi connectivity index (χ1v) is 8.71. The fourth-order valence-corrected chi connectivity index (χ4v) is 3.50. The van der Waals surface area contributed by atoms with Crippen molar-refractivity contribution in [1.82, 2.24) is 20.0 Å². The second kappa shape index (κ2) is 7.61. The molecule has 1 aromatic heterocycles. The van der Waals surface area contributed by atoms with Gasteiger partial charge in [0.2, 0.25) is 11.8 Å². The Hall–Kier alpha value is -3.16. The molecule has 142 valence electrons. The minimum absolute atomic E-state index is 0.00191. The van der Waals surface area contributed by atoms with Crippen LogP contribution in [0.25, 0.3) is 0 Å². The molecule has 3 rings (SSSR count). The van der Waals surface area contributed by atoms with Crippen molar-refractivity contribution in [1.29, 1.82) is 0 Å². The van der Waals surface area contributed by atoms with E-state index in [0.717, 1.165) is 5.56 Å². The molecule has 1 aromatic carbocycles. The highest BCUT2D eigenvalue weighted by atomic mass is 16.4. The van der Waals surface area contributed by atoms with Gasteiger partial charge in [0.1, 0.15) is 0 Å². The van der Waals surface area contributed by atoms with E-state index in [9.17, 15) is 14.4 Å². The molecule has 1 saturated heterocycles. The Morgan fingerprint density at radius 2 is 2.11 bits per heavy atom. The molecule has 2 amide bonds. The third kappa shape index (κ3) is 3.99. The molecule has 8 nitrogen and oxygen atoms in total. The maximum Gasteiger partial charge on any atom is 0.335 e. The normalized spacial score (nSPS) is 19.8. The van der Waals surface area contributed by atoms with Crippen molar-refractivity contribution >= 4 is 17.8 Å². The second-order valence-electron chi connectivity index (χ2n) is 6.77. The number of amides is 2. The van der Waals surface area contributed by atoms with E-state index in [1.807, 2.05) is 6.20 Å². The van der Waals surface area contributed by atoms with Gasteiger partial charge in [-0.05, 0) is 24.1 Å². The number of piperidine rings is 1. The van der Waals surface area contributed by atoms with Gasteiger partial charge in [-0.3, -0.25) is 14.3 Å². The van der Waals surface area contributed by atoms with Crippen LogP contribution in [0.4, 0.5) is 0 Å². The Kier molecular flexibility index (Phi) is 5.25. The van der Waals surface area contributed by atoms with E-state index in [4.69, 9.17) is 5.11 Å². The molecule has 0 bridgehead atoms. The summed E-state index contributed by atoms with van der Waals surface area (Å²) in [5.41, 5.74) is 1.71. The molecular formula is C19H22N4O4. The maximum absolute atomic E-state index is 12.8. The van der Waals surface area contributed by atoms with Crippen molar-refractivity contribution in [3.05, 3.63) is 53.3 Å². The van der Waals surface area contributed by atoms with Gasteiger partial charge in [-0.2, -0.15) is 5.10 Å². The van der Waals surface area contributed by atoms with Crippen molar-refractivity contribution in [2.75, 3.05) is 7.05 Å². The Labute approximate surface area is 156 Å². The van der Waals surface area contributed by atoms with Crippen LogP contribution in [-0.4, -0.2) is 44.6 Å². The predicted octanol–water partition coefficient (Wildman–Crippen LogP) is 1.34. The summed E-state index contributed by atoms with van der Waals surface area (Å²) in [7, 11) is 3.49. The van der Waals surface area contributed by atoms with E-state index >= 15 is 0 Å². The molecule has 0 saturated carbocycles. The SMILES string of the molecule is CN1C(=O)CC[C@H](C(=O)NCc2cccc(C(=O)O)c2)[C@H]1c1cnn(C)c1. The van der Waals surface area contributed by atoms with E-state index < -0.39 is 5.97 Å². The van der Waals surface area contributed by atoms with Crippen LogP contribution in [0.15, 0.2) is 36.7 Å². The lowest BCUT2D eigenvalue weighted by atomic mass is 9.85. The van der Waals surface area contributed by atoms with E-state index in [0.29, 0.717) is 18.4 Å². The smallest absolute Gasteiger partial charge is 0.335 e. The van der Waals surface area contributed by atoms with Crippen molar-refractivity contribution < 1.29 is 19.5 Å². The number of carbonyl (C=O) groups is 3. The van der Waals surface area contributed by atoms with Crippen molar-refractivity contribution in [2.24, 2.45) is 13.0 Å². The zero-order valence-electron chi connectivity index (χ0n) is 15.3. The molecule has 2 atom stereocenters. The Morgan fingerprint density at radius 1 is 1.33 bits per heavy atom. The van der Waals surface area contributed by atoms with Crippen LogP contribution in [-0.2, 0) is 23.2 Å². The quantitative estimate of drug-likeness (QED) is 0.827. The van der Waals surface area contributed by atoms with Gasteiger partial charge in [-0.1, -0.05) is 12.1 Å². The molecule has 0 aliphatic carbocycles. The number of aromatic nitrogens is 2. The lowest BCUT2D eigenvalue weighted by molar-refractivity contribution is -0.141. The number of hydrogen-bond acceptors (Lipinski definition) is 4. The highest BCUT2D eigenvalue weighted by Crippen LogP contribution is 2.35. The average molecular weight is 370 g/mol. The lowest BCUT2D eigenvalue weighted by Crippen LogP contribution is -2.46. The summed E-state index contributed by atoms with van der Waals surface area (Å²) in [6, 6.07) is 6.09. The first kappa shape index (κ1) is 18.6. The van der Waals surface area contributed by atoms with Crippen LogP contribution in [0.1, 0.15) is 40.4 Å². The fraction of sp³-hybridized carbons (Fsp3) is 0.368. The van der Waals surface area contributed by atoms with E-state index in [1.54, 1.807) is 42.0 Å². The van der Waals surface area contributed by atoms with E-state index in [1.165, 1.54) is 12.1 Å². The summed E-state index contributed by atoms with van der Waals surface area (Å²) in [5.74, 6) is -1.56. The van der Waals surface area contributed by atoms with Crippen LogP contribution in [0.2, 0.25) is 0 Å². The van der Waals surface area contributed by atoms with Crippen molar-refractivity contribution in [2.45, 2.75) is 25.4 Å². The first-order chi connectivity index (χ1) is 12.9. The Balaban J connectivity index is 1.74. The van der Waals surface area contributed by atoms with Gasteiger partial charge in [-0.25, -0.2) is 4.79 Å². The summed E-state index contributed by atoms with van der Waals surface area (Å²) in [5, 5.41) is 16.1. The number of carbonyl (C=O) groups excluding carboxylic acids is 2. The molecule has 0 radical (unpaired) electrons. The van der Waals surface area contributed by atoms with Gasteiger partial charge in [0.15, 0.2) is 0 Å². The zero-order valence-corrected chi connectivity index (χ0v) is 15.3. The molecular weight excluding hydrogens is 348 g/mol. The Morgan fingerprint density at radius 3 is 2.78 bits per heavy atom. The van der Waals surface area contributed by atoms with Crippen LogP contribution >= 0.6 is 0 Å². The summed E-state index contributed by atoms with van der Waals surface area (Å²) < 4.78 is 1.65. The summed E-state index contributed by atoms with van der Waals surface area (Å²) in [6.45, 7) is 0.230. The summed E-state index contributed by atoms with van der Waals surface area (Å²) in [6.07, 6.45) is 4.27. The summed E-state index contributed by atoms with van der Waals surface area (Å²) in [4.78, 5) is 37.7. The number of carboxylic acid groups (broad SMARTS) is 1. The highest BCUT2D eigenvalue weighted by Gasteiger charge is 2.39. The van der Waals surface area contributed by atoms with Crippen LogP contribution in [0, 0.1) is 5.92 Å². The van der Waals surface area contributed by atoms with Gasteiger partial charge >= 0.3 is 5.97 Å². The standard InChI is InChI=1S/C19H22N4O4/c1-22-11-14(10-21-22)17-15(6-7-16(24)23(17)2)18(25)20-9-12-4-3-5-13(8-12)19(26)27/h3-5,8,10-11,15,17H,6-7,9H2,1-2H3,(H,20,25)(H,26,27)/t15-,17+/m0/s1. The maximum atomic E-state index is 12.8. The first-order valence-electron chi connectivity index (χ1n) is 8.71. The average Bonchev–Trinajstić information content (AvgIpc) is 3.08. The number of likely N-dealkylation sites (tertiary alicyclic amines) is 1. The molecule has 1 aliphatic rings. The molecule has 2 heterocycles. The molecule has 2 aromatic rings. The van der Waals surface area contributed by atoms with Gasteiger partial charge in [0.05, 0.1) is 23.7 Å². The molecule has 2 N–H and O–H groups in total. The number of nitrogens with zero attached hydrogens (tertiary/aromatic N) is 3. The largest absolute Gasteiger partial charge is 0.478 e. The fourth-order valence-electron chi connectivity index (χ4n) is 3.50. The predicted molar refractivity (Wildman–Crippen MR) is 96.7 cm³/mol.